The molecule has 1 fully saturated rings. The normalized spacial score (nSPS) is 19.0. The molecule has 0 radical (unpaired) electrons. The molecule has 0 amide bonds. The Balaban J connectivity index is 2.47. The maximum absolute atomic E-state index is 11.3. The lowest BCUT2D eigenvalue weighted by Crippen LogP contribution is -2.41. The molecule has 0 bridgehead atoms. The molecule has 1 aliphatic rings. The average Bonchev–Trinajstić information content (AvgIpc) is 2.33. The van der Waals surface area contributed by atoms with Gasteiger partial charge in [-0.25, -0.2) is 0 Å². The van der Waals surface area contributed by atoms with E-state index in [-0.39, 0.29) is 0 Å². The minimum atomic E-state index is -0.675. The molecule has 1 aromatic rings. The number of hydrogen-bond acceptors (Lipinski definition) is 2. The van der Waals surface area contributed by atoms with Gasteiger partial charge in [0.1, 0.15) is 5.41 Å². The van der Waals surface area contributed by atoms with Gasteiger partial charge in [0, 0.05) is 9.35 Å². The maximum Gasteiger partial charge on any atom is 0.315 e. The first-order chi connectivity index (χ1) is 6.58. The number of halogens is 1. The minimum Gasteiger partial charge on any atom is -0.481 e. The highest BCUT2D eigenvalue weighted by Crippen LogP contribution is 2.49. The van der Waals surface area contributed by atoms with Crippen LogP contribution in [0.3, 0.4) is 0 Å². The van der Waals surface area contributed by atoms with Crippen molar-refractivity contribution in [3.8, 4) is 0 Å². The van der Waals surface area contributed by atoms with Crippen molar-refractivity contribution in [3.05, 3.63) is 20.3 Å². The summed E-state index contributed by atoms with van der Waals surface area (Å²) in [7, 11) is 0. The van der Waals surface area contributed by atoms with Crippen LogP contribution in [0.1, 0.15) is 29.7 Å². The number of hydrogen-bond donors (Lipinski definition) is 1. The molecular weight excluding hydrogens is 264 g/mol. The summed E-state index contributed by atoms with van der Waals surface area (Å²) < 4.78 is 0.990. The molecule has 0 atom stereocenters. The van der Waals surface area contributed by atoms with Gasteiger partial charge in [-0.15, -0.1) is 11.3 Å². The lowest BCUT2D eigenvalue weighted by atomic mass is 9.68. The Morgan fingerprint density at radius 2 is 2.29 bits per heavy atom. The Labute approximate surface area is 95.1 Å². The minimum absolute atomic E-state index is 0.586. The largest absolute Gasteiger partial charge is 0.481 e. The van der Waals surface area contributed by atoms with E-state index in [1.807, 2.05) is 12.3 Å². The lowest BCUT2D eigenvalue weighted by molar-refractivity contribution is -0.147. The number of aliphatic carboxylic acids is 1. The zero-order chi connectivity index (χ0) is 10.3. The molecule has 0 saturated heterocycles. The highest BCUT2D eigenvalue weighted by atomic mass is 79.9. The molecule has 4 heteroatoms. The average molecular weight is 275 g/mol. The van der Waals surface area contributed by atoms with Gasteiger partial charge in [0.05, 0.1) is 0 Å². The van der Waals surface area contributed by atoms with Crippen LogP contribution in [-0.4, -0.2) is 11.1 Å². The summed E-state index contributed by atoms with van der Waals surface area (Å²) in [5.74, 6) is -0.675. The molecule has 14 heavy (non-hydrogen) atoms. The fourth-order valence-electron chi connectivity index (χ4n) is 1.82. The molecule has 0 aliphatic heterocycles. The number of carboxylic acids is 1. The van der Waals surface area contributed by atoms with Crippen molar-refractivity contribution in [1.82, 2.24) is 0 Å². The van der Waals surface area contributed by atoms with Crippen LogP contribution in [0.4, 0.5) is 0 Å². The Bertz CT molecular complexity index is 379. The summed E-state index contributed by atoms with van der Waals surface area (Å²) in [5, 5.41) is 11.3. The van der Waals surface area contributed by atoms with Crippen molar-refractivity contribution >= 4 is 33.2 Å². The molecule has 1 aliphatic carbocycles. The third-order valence-corrected chi connectivity index (χ3v) is 5.54. The molecule has 1 heterocycles. The third kappa shape index (κ3) is 1.24. The predicted molar refractivity (Wildman–Crippen MR) is 59.9 cm³/mol. The summed E-state index contributed by atoms with van der Waals surface area (Å²) in [4.78, 5) is 12.2. The Morgan fingerprint density at radius 3 is 2.57 bits per heavy atom. The molecule has 1 aromatic heterocycles. The fraction of sp³-hybridized carbons (Fsp3) is 0.500. The SMILES string of the molecule is Cc1csc(C2(C(=O)O)CCC2)c1Br. The van der Waals surface area contributed by atoms with Crippen LogP contribution in [0, 0.1) is 6.92 Å². The third-order valence-electron chi connectivity index (χ3n) is 2.95. The smallest absolute Gasteiger partial charge is 0.315 e. The van der Waals surface area contributed by atoms with E-state index in [1.54, 1.807) is 11.3 Å². The number of carbonyl (C=O) groups is 1. The summed E-state index contributed by atoms with van der Waals surface area (Å²) in [6.45, 7) is 2.00. The summed E-state index contributed by atoms with van der Waals surface area (Å²) in [5.41, 5.74) is 0.551. The molecule has 0 unspecified atom stereocenters. The molecule has 0 spiro atoms. The van der Waals surface area contributed by atoms with Crippen molar-refractivity contribution in [3.63, 3.8) is 0 Å². The van der Waals surface area contributed by atoms with Gasteiger partial charge in [-0.3, -0.25) is 4.79 Å². The fourth-order valence-corrected chi connectivity index (χ4v) is 3.94. The second kappa shape index (κ2) is 3.35. The second-order valence-electron chi connectivity index (χ2n) is 3.80. The molecular formula is C10H11BrO2S. The van der Waals surface area contributed by atoms with Crippen LogP contribution in [0.5, 0.6) is 0 Å². The van der Waals surface area contributed by atoms with Crippen molar-refractivity contribution in [1.29, 1.82) is 0 Å². The first-order valence-electron chi connectivity index (χ1n) is 4.55. The van der Waals surface area contributed by atoms with Crippen molar-refractivity contribution in [2.45, 2.75) is 31.6 Å². The quantitative estimate of drug-likeness (QED) is 0.898. The molecule has 2 rings (SSSR count). The van der Waals surface area contributed by atoms with E-state index in [1.165, 1.54) is 0 Å². The van der Waals surface area contributed by atoms with Crippen molar-refractivity contribution in [2.24, 2.45) is 0 Å². The summed E-state index contributed by atoms with van der Waals surface area (Å²) in [6.07, 6.45) is 2.58. The van der Waals surface area contributed by atoms with Crippen LogP contribution < -0.4 is 0 Å². The van der Waals surface area contributed by atoms with E-state index in [4.69, 9.17) is 0 Å². The van der Waals surface area contributed by atoms with E-state index >= 15 is 0 Å². The predicted octanol–water partition coefficient (Wildman–Crippen LogP) is 3.33. The van der Waals surface area contributed by atoms with E-state index < -0.39 is 11.4 Å². The van der Waals surface area contributed by atoms with E-state index in [9.17, 15) is 9.90 Å². The Kier molecular flexibility index (Phi) is 2.43. The second-order valence-corrected chi connectivity index (χ2v) is 5.48. The Morgan fingerprint density at radius 1 is 1.64 bits per heavy atom. The van der Waals surface area contributed by atoms with Gasteiger partial charge in [-0.1, -0.05) is 6.42 Å². The maximum atomic E-state index is 11.3. The van der Waals surface area contributed by atoms with E-state index in [2.05, 4.69) is 15.9 Å². The van der Waals surface area contributed by atoms with Gasteiger partial charge in [0.15, 0.2) is 0 Å². The molecule has 76 valence electrons. The van der Waals surface area contributed by atoms with Gasteiger partial charge in [0.25, 0.3) is 0 Å². The van der Waals surface area contributed by atoms with Crippen molar-refractivity contribution < 1.29 is 9.90 Å². The summed E-state index contributed by atoms with van der Waals surface area (Å²) in [6, 6.07) is 0. The first-order valence-corrected chi connectivity index (χ1v) is 6.22. The number of thiophene rings is 1. The van der Waals surface area contributed by atoms with Gasteiger partial charge in [-0.05, 0) is 46.6 Å². The van der Waals surface area contributed by atoms with Gasteiger partial charge in [-0.2, -0.15) is 0 Å². The van der Waals surface area contributed by atoms with Crippen LogP contribution in [0.2, 0.25) is 0 Å². The van der Waals surface area contributed by atoms with Crippen LogP contribution in [0.15, 0.2) is 9.85 Å². The molecule has 1 saturated carbocycles. The van der Waals surface area contributed by atoms with Gasteiger partial charge < -0.3 is 5.11 Å². The van der Waals surface area contributed by atoms with Crippen molar-refractivity contribution in [2.75, 3.05) is 0 Å². The van der Waals surface area contributed by atoms with Crippen LogP contribution in [0.25, 0.3) is 0 Å². The Hall–Kier alpha value is -0.350. The van der Waals surface area contributed by atoms with Gasteiger partial charge >= 0.3 is 5.97 Å². The molecule has 1 N–H and O–H groups in total. The standard InChI is InChI=1S/C10H11BrO2S/c1-6-5-14-8(7(6)11)10(9(12)13)3-2-4-10/h5H,2-4H2,1H3,(H,12,13). The highest BCUT2D eigenvalue weighted by Gasteiger charge is 2.48. The molecule has 0 aromatic carbocycles. The van der Waals surface area contributed by atoms with E-state index in [0.29, 0.717) is 0 Å². The first kappa shape index (κ1) is 10.2. The lowest BCUT2D eigenvalue weighted by Gasteiger charge is -2.37. The zero-order valence-electron chi connectivity index (χ0n) is 7.84. The number of rotatable bonds is 2. The van der Waals surface area contributed by atoms with Crippen LogP contribution in [-0.2, 0) is 10.2 Å². The zero-order valence-corrected chi connectivity index (χ0v) is 10.2. The number of aryl methyl sites for hydroxylation is 1. The van der Waals surface area contributed by atoms with E-state index in [0.717, 1.165) is 34.2 Å². The van der Waals surface area contributed by atoms with Crippen LogP contribution >= 0.6 is 27.3 Å². The highest BCUT2D eigenvalue weighted by molar-refractivity contribution is 9.10. The number of carboxylic acid groups (broad SMARTS) is 1. The summed E-state index contributed by atoms with van der Waals surface area (Å²) >= 11 is 5.04. The van der Waals surface area contributed by atoms with Gasteiger partial charge in [0.2, 0.25) is 0 Å². The monoisotopic (exact) mass is 274 g/mol. The topological polar surface area (TPSA) is 37.3 Å². The molecule has 2 nitrogen and oxygen atoms in total.